The molecule has 0 bridgehead atoms. The van der Waals surface area contributed by atoms with E-state index in [1.54, 1.807) is 14.2 Å². The molecule has 14 heavy (non-hydrogen) atoms. The van der Waals surface area contributed by atoms with E-state index >= 15 is 0 Å². The van der Waals surface area contributed by atoms with E-state index in [9.17, 15) is 0 Å². The van der Waals surface area contributed by atoms with Crippen molar-refractivity contribution in [1.82, 2.24) is 0 Å². The lowest BCUT2D eigenvalue weighted by Crippen LogP contribution is -1.99. The normalized spacial score (nSPS) is 10.1. The van der Waals surface area contributed by atoms with Gasteiger partial charge < -0.3 is 9.47 Å². The molecule has 1 aromatic carbocycles. The molecule has 0 N–H and O–H groups in total. The largest absolute Gasteiger partial charge is 0.496 e. The van der Waals surface area contributed by atoms with E-state index in [1.165, 1.54) is 16.7 Å². The van der Waals surface area contributed by atoms with E-state index in [0.29, 0.717) is 0 Å². The summed E-state index contributed by atoms with van der Waals surface area (Å²) in [6.07, 6.45) is 1.01. The van der Waals surface area contributed by atoms with Gasteiger partial charge in [-0.2, -0.15) is 0 Å². The summed E-state index contributed by atoms with van der Waals surface area (Å²) in [6.45, 7) is 6.32. The summed E-state index contributed by atoms with van der Waals surface area (Å²) in [7, 11) is 3.38. The van der Waals surface area contributed by atoms with E-state index in [-0.39, 0.29) is 0 Å². The monoisotopic (exact) mass is 194 g/mol. The highest BCUT2D eigenvalue weighted by molar-refractivity contribution is 5.51. The van der Waals surface area contributed by atoms with Crippen molar-refractivity contribution in [2.45, 2.75) is 27.2 Å². The fourth-order valence-electron chi connectivity index (χ4n) is 1.87. The molecule has 0 aliphatic carbocycles. The molecular weight excluding hydrogens is 176 g/mol. The summed E-state index contributed by atoms with van der Waals surface area (Å²) in [4.78, 5) is 0. The molecule has 0 spiro atoms. The second-order valence-electron chi connectivity index (χ2n) is 3.36. The van der Waals surface area contributed by atoms with E-state index in [0.717, 1.165) is 17.9 Å². The van der Waals surface area contributed by atoms with Crippen molar-refractivity contribution in [3.8, 4) is 11.5 Å². The zero-order chi connectivity index (χ0) is 10.7. The van der Waals surface area contributed by atoms with E-state index in [4.69, 9.17) is 9.47 Å². The average molecular weight is 194 g/mol. The summed E-state index contributed by atoms with van der Waals surface area (Å²) >= 11 is 0. The minimum absolute atomic E-state index is 0.907. The molecule has 2 heteroatoms. The van der Waals surface area contributed by atoms with Crippen LogP contribution in [0.2, 0.25) is 0 Å². The Kier molecular flexibility index (Phi) is 3.39. The predicted octanol–water partition coefficient (Wildman–Crippen LogP) is 2.88. The molecule has 0 atom stereocenters. The van der Waals surface area contributed by atoms with Crippen LogP contribution in [0, 0.1) is 13.8 Å². The first-order valence-electron chi connectivity index (χ1n) is 4.86. The lowest BCUT2D eigenvalue weighted by molar-refractivity contribution is 0.389. The maximum atomic E-state index is 5.30. The molecule has 0 radical (unpaired) electrons. The van der Waals surface area contributed by atoms with Gasteiger partial charge in [-0.3, -0.25) is 0 Å². The fraction of sp³-hybridized carbons (Fsp3) is 0.500. The molecule has 0 fully saturated rings. The molecule has 1 rings (SSSR count). The zero-order valence-corrected chi connectivity index (χ0v) is 9.60. The number of rotatable bonds is 3. The minimum Gasteiger partial charge on any atom is -0.496 e. The topological polar surface area (TPSA) is 18.5 Å². The van der Waals surface area contributed by atoms with Crippen molar-refractivity contribution in [2.75, 3.05) is 14.2 Å². The Morgan fingerprint density at radius 1 is 1.00 bits per heavy atom. The van der Waals surface area contributed by atoms with Gasteiger partial charge in [-0.25, -0.2) is 0 Å². The van der Waals surface area contributed by atoms with Gasteiger partial charge in [-0.15, -0.1) is 0 Å². The van der Waals surface area contributed by atoms with Gasteiger partial charge in [0.05, 0.1) is 14.2 Å². The summed E-state index contributed by atoms with van der Waals surface area (Å²) in [5, 5.41) is 0. The lowest BCUT2D eigenvalue weighted by atomic mass is 9.99. The summed E-state index contributed by atoms with van der Waals surface area (Å²) in [5.41, 5.74) is 3.75. The Hall–Kier alpha value is -1.18. The van der Waals surface area contributed by atoms with E-state index < -0.39 is 0 Å². The molecule has 0 saturated heterocycles. The average Bonchev–Trinajstić information content (AvgIpc) is 2.19. The third-order valence-electron chi connectivity index (χ3n) is 2.70. The van der Waals surface area contributed by atoms with Gasteiger partial charge in [0.1, 0.15) is 11.5 Å². The summed E-state index contributed by atoms with van der Waals surface area (Å²) < 4.78 is 10.6. The van der Waals surface area contributed by atoms with E-state index in [1.807, 2.05) is 6.07 Å². The Labute approximate surface area is 85.8 Å². The van der Waals surface area contributed by atoms with Crippen molar-refractivity contribution in [3.63, 3.8) is 0 Å². The molecule has 0 saturated carbocycles. The van der Waals surface area contributed by atoms with Gasteiger partial charge in [0.25, 0.3) is 0 Å². The van der Waals surface area contributed by atoms with Gasteiger partial charge in [0, 0.05) is 6.07 Å². The maximum Gasteiger partial charge on any atom is 0.125 e. The Morgan fingerprint density at radius 3 is 1.71 bits per heavy atom. The summed E-state index contributed by atoms with van der Waals surface area (Å²) in [5.74, 6) is 1.81. The highest BCUT2D eigenvalue weighted by Crippen LogP contribution is 2.32. The second-order valence-corrected chi connectivity index (χ2v) is 3.36. The minimum atomic E-state index is 0.907. The molecule has 0 aromatic heterocycles. The van der Waals surface area contributed by atoms with Crippen molar-refractivity contribution < 1.29 is 9.47 Å². The quantitative estimate of drug-likeness (QED) is 0.736. The van der Waals surface area contributed by atoms with Gasteiger partial charge >= 0.3 is 0 Å². The number of ether oxygens (including phenoxy) is 2. The molecule has 78 valence electrons. The number of hydrogen-bond donors (Lipinski definition) is 0. The van der Waals surface area contributed by atoms with Crippen molar-refractivity contribution in [1.29, 1.82) is 0 Å². The first-order valence-corrected chi connectivity index (χ1v) is 4.86. The Balaban J connectivity index is 3.39. The zero-order valence-electron chi connectivity index (χ0n) is 9.60. The molecule has 2 nitrogen and oxygen atoms in total. The van der Waals surface area contributed by atoms with Crippen molar-refractivity contribution in [3.05, 3.63) is 22.8 Å². The Morgan fingerprint density at radius 2 is 1.43 bits per heavy atom. The van der Waals surface area contributed by atoms with Gasteiger partial charge in [0.2, 0.25) is 0 Å². The van der Waals surface area contributed by atoms with Crippen LogP contribution in [0.1, 0.15) is 23.6 Å². The third-order valence-corrected chi connectivity index (χ3v) is 2.70. The van der Waals surface area contributed by atoms with Crippen LogP contribution in [0.3, 0.4) is 0 Å². The number of hydrogen-bond acceptors (Lipinski definition) is 2. The molecule has 0 heterocycles. The molecule has 0 unspecified atom stereocenters. The maximum absolute atomic E-state index is 5.30. The van der Waals surface area contributed by atoms with Crippen LogP contribution in [0.15, 0.2) is 6.07 Å². The number of benzene rings is 1. The highest BCUT2D eigenvalue weighted by atomic mass is 16.5. The molecule has 1 aromatic rings. The van der Waals surface area contributed by atoms with Crippen LogP contribution < -0.4 is 9.47 Å². The molecular formula is C12H18O2. The molecule has 0 aliphatic rings. The first kappa shape index (κ1) is 10.9. The van der Waals surface area contributed by atoms with E-state index in [2.05, 4.69) is 20.8 Å². The molecule has 0 amide bonds. The van der Waals surface area contributed by atoms with Gasteiger partial charge in [-0.05, 0) is 37.0 Å². The lowest BCUT2D eigenvalue weighted by Gasteiger charge is -2.15. The highest BCUT2D eigenvalue weighted by Gasteiger charge is 2.11. The smallest absolute Gasteiger partial charge is 0.125 e. The van der Waals surface area contributed by atoms with Crippen molar-refractivity contribution in [2.24, 2.45) is 0 Å². The Bertz CT molecular complexity index is 301. The first-order chi connectivity index (χ1) is 6.65. The van der Waals surface area contributed by atoms with Crippen LogP contribution in [0.5, 0.6) is 11.5 Å². The van der Waals surface area contributed by atoms with Crippen LogP contribution in [0.4, 0.5) is 0 Å². The van der Waals surface area contributed by atoms with Gasteiger partial charge in [-0.1, -0.05) is 6.92 Å². The predicted molar refractivity (Wildman–Crippen MR) is 58.4 cm³/mol. The van der Waals surface area contributed by atoms with Crippen LogP contribution in [-0.4, -0.2) is 14.2 Å². The van der Waals surface area contributed by atoms with Crippen molar-refractivity contribution >= 4 is 0 Å². The number of methoxy groups -OCH3 is 2. The second kappa shape index (κ2) is 4.36. The van der Waals surface area contributed by atoms with Crippen LogP contribution in [-0.2, 0) is 6.42 Å². The standard InChI is InChI=1S/C12H18O2/c1-6-10-8(2)11(13-4)7-12(14-5)9(10)3/h7H,6H2,1-5H3. The summed E-state index contributed by atoms with van der Waals surface area (Å²) in [6, 6.07) is 1.95. The SMILES string of the molecule is CCc1c(C)c(OC)cc(OC)c1C. The molecule has 0 aliphatic heterocycles. The van der Waals surface area contributed by atoms with Gasteiger partial charge in [0.15, 0.2) is 0 Å². The van der Waals surface area contributed by atoms with Crippen LogP contribution >= 0.6 is 0 Å². The third kappa shape index (κ3) is 1.69. The fourth-order valence-corrected chi connectivity index (χ4v) is 1.87. The van der Waals surface area contributed by atoms with Crippen LogP contribution in [0.25, 0.3) is 0 Å².